The van der Waals surface area contributed by atoms with E-state index in [1.54, 1.807) is 13.2 Å². The molecule has 0 aromatic carbocycles. The number of anilines is 1. The molecule has 1 N–H and O–H groups in total. The van der Waals surface area contributed by atoms with Crippen molar-refractivity contribution in [3.63, 3.8) is 0 Å². The summed E-state index contributed by atoms with van der Waals surface area (Å²) in [6.45, 7) is 3.50. The van der Waals surface area contributed by atoms with Crippen LogP contribution in [-0.4, -0.2) is 43.5 Å². The first-order valence-electron chi connectivity index (χ1n) is 6.42. The van der Waals surface area contributed by atoms with Crippen LogP contribution in [0.15, 0.2) is 11.0 Å². The summed E-state index contributed by atoms with van der Waals surface area (Å²) >= 11 is 0. The Labute approximate surface area is 110 Å². The minimum Gasteiger partial charge on any atom is -0.393 e. The first kappa shape index (κ1) is 12.2. The molecule has 0 atom stereocenters. The maximum absolute atomic E-state index is 11.8. The van der Waals surface area contributed by atoms with E-state index in [0.29, 0.717) is 5.78 Å². The average molecular weight is 263 g/mol. The Morgan fingerprint density at radius 2 is 2.05 bits per heavy atom. The Kier molecular flexibility index (Phi) is 2.78. The Morgan fingerprint density at radius 3 is 2.74 bits per heavy atom. The van der Waals surface area contributed by atoms with Gasteiger partial charge in [0.1, 0.15) is 5.82 Å². The third-order valence-corrected chi connectivity index (χ3v) is 3.58. The molecule has 0 amide bonds. The molecule has 0 aliphatic carbocycles. The molecule has 2 aromatic heterocycles. The van der Waals surface area contributed by atoms with E-state index in [1.165, 1.54) is 9.08 Å². The molecule has 1 aliphatic rings. The second-order valence-corrected chi connectivity index (χ2v) is 5.04. The number of aromatic nitrogens is 4. The summed E-state index contributed by atoms with van der Waals surface area (Å²) in [6, 6.07) is 0. The summed E-state index contributed by atoms with van der Waals surface area (Å²) in [4.78, 5) is 18.4. The molecule has 0 radical (unpaired) electrons. The fourth-order valence-corrected chi connectivity index (χ4v) is 2.49. The zero-order valence-electron chi connectivity index (χ0n) is 11.1. The van der Waals surface area contributed by atoms with E-state index in [9.17, 15) is 9.90 Å². The number of hydrogen-bond acceptors (Lipinski definition) is 5. The zero-order valence-corrected chi connectivity index (χ0v) is 11.1. The quantitative estimate of drug-likeness (QED) is 0.764. The summed E-state index contributed by atoms with van der Waals surface area (Å²) in [7, 11) is 1.61. The van der Waals surface area contributed by atoms with Gasteiger partial charge < -0.3 is 10.0 Å². The number of aliphatic hydroxyl groups is 1. The number of piperidine rings is 1. The summed E-state index contributed by atoms with van der Waals surface area (Å²) in [5, 5.41) is 13.7. The molecule has 1 aliphatic heterocycles. The third-order valence-electron chi connectivity index (χ3n) is 3.58. The van der Waals surface area contributed by atoms with Gasteiger partial charge in [-0.3, -0.25) is 0 Å². The van der Waals surface area contributed by atoms with E-state index in [1.807, 2.05) is 6.92 Å². The first-order valence-corrected chi connectivity index (χ1v) is 6.42. The highest BCUT2D eigenvalue weighted by Crippen LogP contribution is 2.21. The average Bonchev–Trinajstić information content (AvgIpc) is 2.66. The monoisotopic (exact) mass is 263 g/mol. The highest BCUT2D eigenvalue weighted by Gasteiger charge is 2.20. The minimum absolute atomic E-state index is 0.189. The summed E-state index contributed by atoms with van der Waals surface area (Å²) < 4.78 is 2.74. The summed E-state index contributed by atoms with van der Waals surface area (Å²) in [5.41, 5.74) is 0.755. The molecule has 0 spiro atoms. The van der Waals surface area contributed by atoms with Gasteiger partial charge in [0.05, 0.1) is 6.10 Å². The van der Waals surface area contributed by atoms with Crippen LogP contribution < -0.4 is 10.6 Å². The van der Waals surface area contributed by atoms with Gasteiger partial charge in [-0.05, 0) is 19.8 Å². The molecule has 1 fully saturated rings. The summed E-state index contributed by atoms with van der Waals surface area (Å²) in [6.07, 6.45) is 3.07. The number of hydrogen-bond donors (Lipinski definition) is 1. The van der Waals surface area contributed by atoms with Gasteiger partial charge in [0.25, 0.3) is 5.78 Å². The maximum Gasteiger partial charge on any atom is 0.351 e. The molecule has 1 saturated heterocycles. The lowest BCUT2D eigenvalue weighted by atomic mass is 10.1. The van der Waals surface area contributed by atoms with Crippen molar-refractivity contribution in [3.8, 4) is 0 Å². The van der Waals surface area contributed by atoms with Crippen molar-refractivity contribution in [1.82, 2.24) is 19.2 Å². The van der Waals surface area contributed by atoms with Crippen LogP contribution in [0.5, 0.6) is 0 Å². The number of nitrogens with zero attached hydrogens (tertiary/aromatic N) is 5. The minimum atomic E-state index is -0.210. The van der Waals surface area contributed by atoms with Crippen molar-refractivity contribution in [3.05, 3.63) is 22.2 Å². The molecule has 7 heteroatoms. The van der Waals surface area contributed by atoms with E-state index >= 15 is 0 Å². The van der Waals surface area contributed by atoms with Gasteiger partial charge in [0.15, 0.2) is 0 Å². The van der Waals surface area contributed by atoms with Gasteiger partial charge in [-0.2, -0.15) is 4.98 Å². The molecule has 0 saturated carbocycles. The fourth-order valence-electron chi connectivity index (χ4n) is 2.49. The summed E-state index contributed by atoms with van der Waals surface area (Å²) in [5.74, 6) is 1.27. The SMILES string of the molecule is Cc1cn2c(=O)n(C)nc2nc1N1CCC(O)CC1. The van der Waals surface area contributed by atoms with Crippen molar-refractivity contribution in [2.45, 2.75) is 25.9 Å². The van der Waals surface area contributed by atoms with E-state index < -0.39 is 0 Å². The standard InChI is InChI=1S/C12H17N5O2/c1-8-7-17-11(14-15(2)12(17)19)13-10(8)16-5-3-9(18)4-6-16/h7,9,18H,3-6H2,1-2H3. The van der Waals surface area contributed by atoms with Crippen LogP contribution in [0.4, 0.5) is 5.82 Å². The first-order chi connectivity index (χ1) is 9.06. The largest absolute Gasteiger partial charge is 0.393 e. The molecule has 0 unspecified atom stereocenters. The molecule has 0 bridgehead atoms. The molecule has 3 rings (SSSR count). The van der Waals surface area contributed by atoms with Crippen LogP contribution in [0, 0.1) is 6.92 Å². The Balaban J connectivity index is 2.04. The van der Waals surface area contributed by atoms with Crippen LogP contribution in [0.1, 0.15) is 18.4 Å². The van der Waals surface area contributed by atoms with Crippen molar-refractivity contribution in [2.75, 3.05) is 18.0 Å². The molecular weight excluding hydrogens is 246 g/mol. The molecular formula is C12H17N5O2. The third kappa shape index (κ3) is 1.99. The molecule has 19 heavy (non-hydrogen) atoms. The zero-order chi connectivity index (χ0) is 13.6. The van der Waals surface area contributed by atoms with Crippen LogP contribution in [0.3, 0.4) is 0 Å². The van der Waals surface area contributed by atoms with Gasteiger partial charge in [-0.1, -0.05) is 0 Å². The van der Waals surface area contributed by atoms with Gasteiger partial charge in [0.2, 0.25) is 0 Å². The molecule has 7 nitrogen and oxygen atoms in total. The predicted octanol–water partition coefficient (Wildman–Crippen LogP) is -0.302. The lowest BCUT2D eigenvalue weighted by Crippen LogP contribution is -2.37. The Bertz CT molecular complexity index is 667. The van der Waals surface area contributed by atoms with E-state index in [4.69, 9.17) is 0 Å². The maximum atomic E-state index is 11.8. The van der Waals surface area contributed by atoms with E-state index in [2.05, 4.69) is 15.0 Å². The van der Waals surface area contributed by atoms with E-state index in [-0.39, 0.29) is 11.8 Å². The second kappa shape index (κ2) is 4.34. The van der Waals surface area contributed by atoms with Crippen LogP contribution in [0.25, 0.3) is 5.78 Å². The lowest BCUT2D eigenvalue weighted by molar-refractivity contribution is 0.145. The van der Waals surface area contributed by atoms with Gasteiger partial charge in [-0.25, -0.2) is 13.9 Å². The van der Waals surface area contributed by atoms with Crippen LogP contribution in [0.2, 0.25) is 0 Å². The van der Waals surface area contributed by atoms with Gasteiger partial charge >= 0.3 is 5.69 Å². The topological polar surface area (TPSA) is 75.7 Å². The van der Waals surface area contributed by atoms with Crippen molar-refractivity contribution in [2.24, 2.45) is 7.05 Å². The molecule has 3 heterocycles. The fraction of sp³-hybridized carbons (Fsp3) is 0.583. The van der Waals surface area contributed by atoms with Crippen molar-refractivity contribution in [1.29, 1.82) is 0 Å². The predicted molar refractivity (Wildman–Crippen MR) is 70.4 cm³/mol. The highest BCUT2D eigenvalue weighted by atomic mass is 16.3. The normalized spacial score (nSPS) is 17.3. The van der Waals surface area contributed by atoms with Crippen molar-refractivity contribution < 1.29 is 5.11 Å². The smallest absolute Gasteiger partial charge is 0.351 e. The highest BCUT2D eigenvalue weighted by molar-refractivity contribution is 5.50. The molecule has 102 valence electrons. The van der Waals surface area contributed by atoms with Gasteiger partial charge in [0, 0.05) is 31.9 Å². The van der Waals surface area contributed by atoms with Gasteiger partial charge in [-0.15, -0.1) is 5.10 Å². The van der Waals surface area contributed by atoms with Crippen LogP contribution >= 0.6 is 0 Å². The Hall–Kier alpha value is -1.89. The number of fused-ring (bicyclic) bond motifs is 1. The van der Waals surface area contributed by atoms with Crippen LogP contribution in [-0.2, 0) is 7.05 Å². The lowest BCUT2D eigenvalue weighted by Gasteiger charge is -2.31. The molecule has 2 aromatic rings. The number of aryl methyl sites for hydroxylation is 2. The number of aliphatic hydroxyl groups excluding tert-OH is 1. The number of rotatable bonds is 1. The van der Waals surface area contributed by atoms with E-state index in [0.717, 1.165) is 37.3 Å². The second-order valence-electron chi connectivity index (χ2n) is 5.04. The Morgan fingerprint density at radius 1 is 1.37 bits per heavy atom. The van der Waals surface area contributed by atoms with Crippen molar-refractivity contribution >= 4 is 11.6 Å².